The molecular weight excluding hydrogens is 372 g/mol. The van der Waals surface area contributed by atoms with Crippen molar-refractivity contribution < 1.29 is 24.5 Å². The maximum Gasteiger partial charge on any atom is 0.224 e. The van der Waals surface area contributed by atoms with Crippen LogP contribution in [-0.2, 0) is 15.0 Å². The summed E-state index contributed by atoms with van der Waals surface area (Å²) in [4.78, 5) is 29.4. The Kier molecular flexibility index (Phi) is 4.05. The number of phenols is 1. The lowest BCUT2D eigenvalue weighted by molar-refractivity contribution is -0.120. The van der Waals surface area contributed by atoms with Crippen molar-refractivity contribution in [3.05, 3.63) is 29.3 Å². The first-order valence-electron chi connectivity index (χ1n) is 10.2. The minimum atomic E-state index is -0.383. The van der Waals surface area contributed by atoms with Crippen molar-refractivity contribution in [3.8, 4) is 11.5 Å². The Bertz CT molecular complexity index is 928. The van der Waals surface area contributed by atoms with Crippen molar-refractivity contribution >= 4 is 17.9 Å². The van der Waals surface area contributed by atoms with Gasteiger partial charge in [0, 0.05) is 30.8 Å². The molecule has 7 heteroatoms. The Morgan fingerprint density at radius 2 is 2.21 bits per heavy atom. The zero-order chi connectivity index (χ0) is 20.5. The molecule has 2 N–H and O–H groups in total. The first kappa shape index (κ1) is 18.6. The highest BCUT2D eigenvalue weighted by Crippen LogP contribution is 2.65. The molecule has 5 atom stereocenters. The molecule has 154 valence electrons. The monoisotopic (exact) mass is 398 g/mol. The van der Waals surface area contributed by atoms with Crippen molar-refractivity contribution in [3.63, 3.8) is 0 Å². The quantitative estimate of drug-likeness (QED) is 0.588. The maximum absolute atomic E-state index is 12.9. The van der Waals surface area contributed by atoms with Gasteiger partial charge in [0.25, 0.3) is 0 Å². The van der Waals surface area contributed by atoms with Crippen LogP contribution in [0.1, 0.15) is 25.3 Å². The van der Waals surface area contributed by atoms with Gasteiger partial charge in [-0.15, -0.1) is 0 Å². The number of rotatable bonds is 3. The molecule has 1 amide bonds. The number of benzene rings is 1. The SMILES string of the molecule is COc1ccc2c(c1O)N(C(C)=O)[C@@H]1[C@H](C=O)[C@@H]3C[C@H]4N(CC[C@]241)CC3=CCO. The normalized spacial score (nSPS) is 36.1. The van der Waals surface area contributed by atoms with Gasteiger partial charge in [-0.05, 0) is 36.9 Å². The molecule has 0 unspecified atom stereocenters. The summed E-state index contributed by atoms with van der Waals surface area (Å²) in [6, 6.07) is 3.57. The van der Waals surface area contributed by atoms with Crippen LogP contribution in [-0.4, -0.2) is 66.2 Å². The van der Waals surface area contributed by atoms with Crippen LogP contribution in [0.3, 0.4) is 0 Å². The number of amides is 1. The second kappa shape index (κ2) is 6.31. The number of piperidine rings is 1. The Morgan fingerprint density at radius 1 is 1.41 bits per heavy atom. The number of anilines is 1. The number of phenolic OH excluding ortho intramolecular Hbond substituents is 1. The predicted molar refractivity (Wildman–Crippen MR) is 106 cm³/mol. The molecule has 1 aromatic rings. The minimum Gasteiger partial charge on any atom is -0.503 e. The molecule has 7 nitrogen and oxygen atoms in total. The summed E-state index contributed by atoms with van der Waals surface area (Å²) in [5.41, 5.74) is 2.15. The number of aldehydes is 1. The number of aliphatic hydroxyl groups excluding tert-OH is 1. The average molecular weight is 398 g/mol. The second-order valence-corrected chi connectivity index (χ2v) is 8.64. The first-order chi connectivity index (χ1) is 14.0. The Balaban J connectivity index is 1.78. The summed E-state index contributed by atoms with van der Waals surface area (Å²) in [5.74, 6) is -0.280. The number of nitrogens with zero attached hydrogens (tertiary/aromatic N) is 2. The van der Waals surface area contributed by atoms with Crippen molar-refractivity contribution in [1.29, 1.82) is 0 Å². The lowest BCUT2D eigenvalue weighted by atomic mass is 9.55. The van der Waals surface area contributed by atoms with Gasteiger partial charge in [0.1, 0.15) is 6.29 Å². The highest BCUT2D eigenvalue weighted by atomic mass is 16.5. The molecule has 1 aromatic carbocycles. The van der Waals surface area contributed by atoms with Crippen LogP contribution in [0.25, 0.3) is 0 Å². The Hall–Kier alpha value is -2.38. The number of hydrogen-bond donors (Lipinski definition) is 2. The molecule has 5 rings (SSSR count). The molecule has 2 saturated heterocycles. The van der Waals surface area contributed by atoms with Gasteiger partial charge in [0.05, 0.1) is 25.4 Å². The highest BCUT2D eigenvalue weighted by molar-refractivity contribution is 5.99. The van der Waals surface area contributed by atoms with E-state index in [1.54, 1.807) is 11.0 Å². The molecule has 0 radical (unpaired) electrons. The zero-order valence-electron chi connectivity index (χ0n) is 16.7. The third-order valence-electron chi connectivity index (χ3n) is 7.75. The van der Waals surface area contributed by atoms with Gasteiger partial charge in [-0.2, -0.15) is 0 Å². The van der Waals surface area contributed by atoms with E-state index in [1.165, 1.54) is 14.0 Å². The number of carbonyl (C=O) groups excluding carboxylic acids is 2. The number of carbonyl (C=O) groups is 2. The fraction of sp³-hybridized carbons (Fsp3) is 0.545. The molecule has 2 bridgehead atoms. The maximum atomic E-state index is 12.9. The van der Waals surface area contributed by atoms with E-state index in [4.69, 9.17) is 4.74 Å². The van der Waals surface area contributed by atoms with Crippen LogP contribution in [0.2, 0.25) is 0 Å². The van der Waals surface area contributed by atoms with Crippen molar-refractivity contribution in [2.24, 2.45) is 11.8 Å². The van der Waals surface area contributed by atoms with E-state index in [0.717, 1.165) is 43.4 Å². The Morgan fingerprint density at radius 3 is 2.86 bits per heavy atom. The van der Waals surface area contributed by atoms with Crippen LogP contribution in [0.5, 0.6) is 11.5 Å². The fourth-order valence-electron chi connectivity index (χ4n) is 6.80. The molecule has 0 aromatic heterocycles. The standard InChI is InChI=1S/C22H26N2O5/c1-12(27)24-19-16(3-4-17(29-2)20(19)28)22-6-7-23-10-13(5-8-25)14(9-18(22)23)15(11-26)21(22)24/h3-5,11,14-15,18,21,25,28H,6-10H2,1-2H3/t14-,15-,18-,21-,22+/m1/s1. The number of aromatic hydroxyl groups is 1. The van der Waals surface area contributed by atoms with Crippen LogP contribution < -0.4 is 9.64 Å². The molecule has 1 spiro atoms. The number of ether oxygens (including phenoxy) is 1. The molecular formula is C22H26N2O5. The molecule has 1 saturated carbocycles. The van der Waals surface area contributed by atoms with Crippen molar-refractivity contribution in [2.75, 3.05) is 31.7 Å². The van der Waals surface area contributed by atoms with Crippen LogP contribution in [0.15, 0.2) is 23.8 Å². The largest absolute Gasteiger partial charge is 0.503 e. The van der Waals surface area contributed by atoms with Gasteiger partial charge in [-0.3, -0.25) is 9.69 Å². The number of hydrogen-bond acceptors (Lipinski definition) is 6. The van der Waals surface area contributed by atoms with E-state index >= 15 is 0 Å². The molecule has 3 fully saturated rings. The first-order valence-corrected chi connectivity index (χ1v) is 10.2. The van der Waals surface area contributed by atoms with E-state index in [0.29, 0.717) is 11.4 Å². The third kappa shape index (κ3) is 2.15. The van der Waals surface area contributed by atoms with E-state index in [-0.39, 0.29) is 47.6 Å². The zero-order valence-corrected chi connectivity index (χ0v) is 16.7. The van der Waals surface area contributed by atoms with Crippen LogP contribution in [0, 0.1) is 11.8 Å². The smallest absolute Gasteiger partial charge is 0.224 e. The topological polar surface area (TPSA) is 90.3 Å². The average Bonchev–Trinajstić information content (AvgIpc) is 3.24. The predicted octanol–water partition coefficient (Wildman–Crippen LogP) is 1.22. The van der Waals surface area contributed by atoms with E-state index in [2.05, 4.69) is 4.90 Å². The second-order valence-electron chi connectivity index (χ2n) is 8.64. The molecule has 3 heterocycles. The van der Waals surface area contributed by atoms with Gasteiger partial charge < -0.3 is 24.6 Å². The highest BCUT2D eigenvalue weighted by Gasteiger charge is 2.68. The summed E-state index contributed by atoms with van der Waals surface area (Å²) in [6.07, 6.45) is 4.46. The Labute approximate surface area is 169 Å². The lowest BCUT2D eigenvalue weighted by Crippen LogP contribution is -2.65. The molecule has 1 aliphatic carbocycles. The lowest BCUT2D eigenvalue weighted by Gasteiger charge is -2.54. The van der Waals surface area contributed by atoms with E-state index in [1.807, 2.05) is 12.1 Å². The number of methoxy groups -OCH3 is 1. The molecule has 4 aliphatic rings. The van der Waals surface area contributed by atoms with Crippen LogP contribution >= 0.6 is 0 Å². The summed E-state index contributed by atoms with van der Waals surface area (Å²) in [7, 11) is 1.49. The third-order valence-corrected chi connectivity index (χ3v) is 7.75. The summed E-state index contributed by atoms with van der Waals surface area (Å²) >= 11 is 0. The number of fused-ring (bicyclic) bond motifs is 2. The van der Waals surface area contributed by atoms with E-state index < -0.39 is 0 Å². The van der Waals surface area contributed by atoms with Crippen molar-refractivity contribution in [2.45, 2.75) is 37.3 Å². The van der Waals surface area contributed by atoms with Gasteiger partial charge in [-0.25, -0.2) is 0 Å². The minimum absolute atomic E-state index is 0.00248. The molecule has 29 heavy (non-hydrogen) atoms. The van der Waals surface area contributed by atoms with Crippen LogP contribution in [0.4, 0.5) is 5.69 Å². The van der Waals surface area contributed by atoms with Gasteiger partial charge in [0.2, 0.25) is 5.91 Å². The van der Waals surface area contributed by atoms with Crippen molar-refractivity contribution in [1.82, 2.24) is 4.90 Å². The van der Waals surface area contributed by atoms with Gasteiger partial charge in [-0.1, -0.05) is 17.7 Å². The number of aliphatic hydroxyl groups is 1. The van der Waals surface area contributed by atoms with Gasteiger partial charge >= 0.3 is 0 Å². The van der Waals surface area contributed by atoms with E-state index in [9.17, 15) is 19.8 Å². The summed E-state index contributed by atoms with van der Waals surface area (Å²) in [5, 5.41) is 20.5. The summed E-state index contributed by atoms with van der Waals surface area (Å²) in [6.45, 7) is 3.04. The molecule has 3 aliphatic heterocycles. The van der Waals surface area contributed by atoms with Gasteiger partial charge in [0.15, 0.2) is 11.5 Å². The summed E-state index contributed by atoms with van der Waals surface area (Å²) < 4.78 is 5.31. The fourth-order valence-corrected chi connectivity index (χ4v) is 6.80.